The molecule has 2 aromatic rings. The minimum Gasteiger partial charge on any atom is -0.465 e. The Morgan fingerprint density at radius 3 is 2.09 bits per heavy atom. The van der Waals surface area contributed by atoms with Gasteiger partial charge < -0.3 is 9.53 Å². The van der Waals surface area contributed by atoms with Crippen LogP contribution in [-0.4, -0.2) is 43.6 Å². The van der Waals surface area contributed by atoms with Crippen molar-refractivity contribution in [2.75, 3.05) is 13.2 Å². The zero-order chi connectivity index (χ0) is 22.8. The average Bonchev–Trinajstić information content (AvgIpc) is 3.45. The van der Waals surface area contributed by atoms with E-state index in [1.807, 2.05) is 12.1 Å². The van der Waals surface area contributed by atoms with Crippen molar-refractivity contribution >= 4 is 24.8 Å². The third kappa shape index (κ3) is 4.19. The van der Waals surface area contributed by atoms with Crippen molar-refractivity contribution in [1.82, 2.24) is 4.90 Å². The van der Waals surface area contributed by atoms with Gasteiger partial charge in [-0.25, -0.2) is 4.79 Å². The molecule has 168 valence electrons. The molecule has 5 heteroatoms. The fraction of sp³-hybridized carbons (Fsp3) is 0.370. The first kappa shape index (κ1) is 22.6. The number of benzene rings is 2. The molecule has 0 saturated carbocycles. The van der Waals surface area contributed by atoms with Gasteiger partial charge in [-0.15, -0.1) is 0 Å². The number of hydrogen-bond donors (Lipinski definition) is 1. The van der Waals surface area contributed by atoms with Crippen molar-refractivity contribution in [3.63, 3.8) is 0 Å². The van der Waals surface area contributed by atoms with E-state index in [0.29, 0.717) is 13.2 Å². The van der Waals surface area contributed by atoms with Crippen LogP contribution in [-0.2, 0) is 4.43 Å². The van der Waals surface area contributed by atoms with Crippen LogP contribution in [0.4, 0.5) is 4.79 Å². The predicted octanol–water partition coefficient (Wildman–Crippen LogP) is 4.96. The van der Waals surface area contributed by atoms with Crippen LogP contribution in [0.2, 0.25) is 5.04 Å². The molecule has 1 aliphatic carbocycles. The summed E-state index contributed by atoms with van der Waals surface area (Å²) in [6.07, 6.45) is 6.79. The SMILES string of the molecule is CC(C)(C)[Si](OC[C@@H]1C=C(C2=CCCC2)CN1C(=O)O)(c1ccccc1)c1ccccc1. The second kappa shape index (κ2) is 9.08. The normalized spacial score (nSPS) is 19.1. The van der Waals surface area contributed by atoms with Crippen molar-refractivity contribution in [1.29, 1.82) is 0 Å². The van der Waals surface area contributed by atoms with Crippen molar-refractivity contribution in [2.45, 2.75) is 51.1 Å². The number of amides is 1. The van der Waals surface area contributed by atoms with E-state index in [2.05, 4.69) is 81.5 Å². The summed E-state index contributed by atoms with van der Waals surface area (Å²) in [5.41, 5.74) is 2.46. The van der Waals surface area contributed by atoms with Crippen molar-refractivity contribution in [3.8, 4) is 0 Å². The van der Waals surface area contributed by atoms with Crippen LogP contribution in [0.5, 0.6) is 0 Å². The van der Waals surface area contributed by atoms with Gasteiger partial charge in [-0.3, -0.25) is 4.90 Å². The van der Waals surface area contributed by atoms with Gasteiger partial charge in [-0.1, -0.05) is 93.6 Å². The summed E-state index contributed by atoms with van der Waals surface area (Å²) in [5, 5.41) is 12.2. The van der Waals surface area contributed by atoms with Crippen molar-refractivity contribution in [3.05, 3.63) is 84.0 Å². The summed E-state index contributed by atoms with van der Waals surface area (Å²) in [4.78, 5) is 13.6. The van der Waals surface area contributed by atoms with E-state index in [0.717, 1.165) is 24.8 Å². The summed E-state index contributed by atoms with van der Waals surface area (Å²) in [5.74, 6) is 0. The van der Waals surface area contributed by atoms with Gasteiger partial charge in [0, 0.05) is 6.54 Å². The van der Waals surface area contributed by atoms with Gasteiger partial charge >= 0.3 is 6.09 Å². The Bertz CT molecular complexity index is 969. The molecule has 1 aliphatic heterocycles. The van der Waals surface area contributed by atoms with Gasteiger partial charge in [-0.05, 0) is 45.8 Å². The van der Waals surface area contributed by atoms with Gasteiger partial charge in [0.2, 0.25) is 0 Å². The van der Waals surface area contributed by atoms with E-state index in [4.69, 9.17) is 4.43 Å². The Morgan fingerprint density at radius 1 is 1.03 bits per heavy atom. The van der Waals surface area contributed by atoms with Gasteiger partial charge in [0.15, 0.2) is 0 Å². The van der Waals surface area contributed by atoms with Gasteiger partial charge in [-0.2, -0.15) is 0 Å². The molecule has 2 aliphatic rings. The minimum atomic E-state index is -2.70. The second-order valence-electron chi connectivity index (χ2n) is 9.77. The van der Waals surface area contributed by atoms with E-state index in [-0.39, 0.29) is 11.1 Å². The highest BCUT2D eigenvalue weighted by atomic mass is 28.4. The van der Waals surface area contributed by atoms with E-state index < -0.39 is 14.4 Å². The first-order valence-corrected chi connectivity index (χ1v) is 13.4. The Hall–Kier alpha value is -2.63. The van der Waals surface area contributed by atoms with Gasteiger partial charge in [0.1, 0.15) is 0 Å². The zero-order valence-corrected chi connectivity index (χ0v) is 20.3. The molecule has 0 fully saturated rings. The fourth-order valence-electron chi connectivity index (χ4n) is 5.17. The summed E-state index contributed by atoms with van der Waals surface area (Å²) in [6.45, 7) is 7.54. The number of carboxylic acid groups (broad SMARTS) is 1. The Kier molecular flexibility index (Phi) is 6.40. The lowest BCUT2D eigenvalue weighted by molar-refractivity contribution is 0.127. The molecule has 2 aromatic carbocycles. The largest absolute Gasteiger partial charge is 0.465 e. The maximum absolute atomic E-state index is 12.1. The minimum absolute atomic E-state index is 0.136. The number of carbonyl (C=O) groups is 1. The molecule has 1 atom stereocenters. The third-order valence-corrected chi connectivity index (χ3v) is 11.7. The van der Waals surface area contributed by atoms with Crippen molar-refractivity contribution < 1.29 is 14.3 Å². The predicted molar refractivity (Wildman–Crippen MR) is 132 cm³/mol. The highest BCUT2D eigenvalue weighted by molar-refractivity contribution is 6.99. The highest BCUT2D eigenvalue weighted by Crippen LogP contribution is 2.38. The lowest BCUT2D eigenvalue weighted by atomic mass is 10.1. The molecule has 4 rings (SSSR count). The molecule has 1 amide bonds. The third-order valence-electron chi connectivity index (χ3n) is 6.72. The average molecular weight is 448 g/mol. The quantitative estimate of drug-likeness (QED) is 0.637. The zero-order valence-electron chi connectivity index (χ0n) is 19.3. The van der Waals surface area contributed by atoms with Crippen LogP contribution in [0.25, 0.3) is 0 Å². The second-order valence-corrected chi connectivity index (χ2v) is 14.1. The molecule has 1 N–H and O–H groups in total. The smallest absolute Gasteiger partial charge is 0.408 e. The van der Waals surface area contributed by atoms with Gasteiger partial charge in [0.05, 0.1) is 12.6 Å². The summed E-state index contributed by atoms with van der Waals surface area (Å²) < 4.78 is 7.01. The number of allylic oxidation sites excluding steroid dienone is 1. The molecule has 0 bridgehead atoms. The number of hydrogen-bond acceptors (Lipinski definition) is 2. The molecular formula is C27H33NO3Si. The van der Waals surface area contributed by atoms with Crippen LogP contribution in [0.3, 0.4) is 0 Å². The monoisotopic (exact) mass is 447 g/mol. The maximum Gasteiger partial charge on any atom is 0.408 e. The summed E-state index contributed by atoms with van der Waals surface area (Å²) in [6, 6.07) is 20.7. The van der Waals surface area contributed by atoms with Crippen LogP contribution in [0, 0.1) is 0 Å². The molecule has 0 saturated heterocycles. The summed E-state index contributed by atoms with van der Waals surface area (Å²) in [7, 11) is -2.70. The lowest BCUT2D eigenvalue weighted by Crippen LogP contribution is -2.67. The van der Waals surface area contributed by atoms with Crippen LogP contribution >= 0.6 is 0 Å². The maximum atomic E-state index is 12.1. The Balaban J connectivity index is 1.72. The standard InChI is InChI=1S/C27H33NO3Si/c1-27(2,3)32(24-14-6-4-7-15-24,25-16-8-5-9-17-25)31-20-23-18-22(19-28(23)26(29)30)21-12-10-11-13-21/h4-9,12,14-18,23H,10-11,13,19-20H2,1-3H3,(H,29,30)/t23-/m0/s1. The topological polar surface area (TPSA) is 49.8 Å². The number of rotatable bonds is 6. The van der Waals surface area contributed by atoms with E-state index in [1.165, 1.54) is 20.8 Å². The molecule has 0 unspecified atom stereocenters. The Morgan fingerprint density at radius 2 is 1.62 bits per heavy atom. The first-order valence-electron chi connectivity index (χ1n) is 11.5. The first-order chi connectivity index (χ1) is 15.3. The van der Waals surface area contributed by atoms with E-state index in [9.17, 15) is 9.90 Å². The molecule has 0 radical (unpaired) electrons. The molecule has 0 aromatic heterocycles. The van der Waals surface area contributed by atoms with E-state index >= 15 is 0 Å². The van der Waals surface area contributed by atoms with Crippen molar-refractivity contribution in [2.24, 2.45) is 0 Å². The molecule has 0 spiro atoms. The molecule has 4 nitrogen and oxygen atoms in total. The highest BCUT2D eigenvalue weighted by Gasteiger charge is 2.50. The number of nitrogens with zero attached hydrogens (tertiary/aromatic N) is 1. The molecule has 1 heterocycles. The van der Waals surface area contributed by atoms with Crippen LogP contribution in [0.1, 0.15) is 40.0 Å². The Labute approximate surface area is 192 Å². The van der Waals surface area contributed by atoms with Crippen LogP contribution in [0.15, 0.2) is 84.0 Å². The van der Waals surface area contributed by atoms with E-state index in [1.54, 1.807) is 0 Å². The van der Waals surface area contributed by atoms with Gasteiger partial charge in [0.25, 0.3) is 8.32 Å². The van der Waals surface area contributed by atoms with Crippen LogP contribution < -0.4 is 10.4 Å². The fourth-order valence-corrected chi connectivity index (χ4v) is 9.74. The summed E-state index contributed by atoms with van der Waals surface area (Å²) >= 11 is 0. The molecular weight excluding hydrogens is 414 g/mol. The molecule has 32 heavy (non-hydrogen) atoms. The lowest BCUT2D eigenvalue weighted by Gasteiger charge is -2.43.